The Morgan fingerprint density at radius 1 is 0.224 bits per heavy atom. The van der Waals surface area contributed by atoms with Crippen LogP contribution in [-0.2, 0) is 5.41 Å². The zero-order chi connectivity index (χ0) is 44.6. The van der Waals surface area contributed by atoms with Gasteiger partial charge in [-0.25, -0.2) is 24.9 Å². The number of aromatic nitrogens is 5. The lowest BCUT2D eigenvalue weighted by Crippen LogP contribution is -2.28. The summed E-state index contributed by atoms with van der Waals surface area (Å²) in [6.45, 7) is 0. The van der Waals surface area contributed by atoms with Gasteiger partial charge in [0.1, 0.15) is 0 Å². The van der Waals surface area contributed by atoms with E-state index in [0.29, 0.717) is 23.3 Å². The van der Waals surface area contributed by atoms with Gasteiger partial charge in [-0.05, 0) is 68.8 Å². The predicted molar refractivity (Wildman–Crippen MR) is 271 cm³/mol. The first-order chi connectivity index (χ1) is 33.2. The Kier molecular flexibility index (Phi) is 9.99. The lowest BCUT2D eigenvalue weighted by molar-refractivity contribution is 0.769. The van der Waals surface area contributed by atoms with Gasteiger partial charge in [0.05, 0.1) is 16.8 Å². The zero-order valence-electron chi connectivity index (χ0n) is 36.4. The topological polar surface area (TPSA) is 64.5 Å². The van der Waals surface area contributed by atoms with E-state index in [0.717, 1.165) is 61.5 Å². The second kappa shape index (κ2) is 16.9. The molecule has 0 radical (unpaired) electrons. The normalized spacial score (nSPS) is 12.3. The molecule has 2 aromatic heterocycles. The third-order valence-corrected chi connectivity index (χ3v) is 12.8. The second-order valence-corrected chi connectivity index (χ2v) is 16.8. The maximum absolute atomic E-state index is 5.34. The fourth-order valence-electron chi connectivity index (χ4n) is 9.76. The Morgan fingerprint density at radius 2 is 0.642 bits per heavy atom. The molecule has 0 aliphatic heterocycles. The van der Waals surface area contributed by atoms with Crippen LogP contribution in [0.3, 0.4) is 0 Å². The minimum absolute atomic E-state index is 0.582. The Labute approximate surface area is 389 Å². The van der Waals surface area contributed by atoms with E-state index >= 15 is 0 Å². The molecule has 0 saturated heterocycles. The van der Waals surface area contributed by atoms with Crippen molar-refractivity contribution in [1.29, 1.82) is 0 Å². The summed E-state index contributed by atoms with van der Waals surface area (Å²) in [5.41, 5.74) is 15.8. The molecule has 11 aromatic rings. The zero-order valence-corrected chi connectivity index (χ0v) is 36.4. The molecule has 5 nitrogen and oxygen atoms in total. The second-order valence-electron chi connectivity index (χ2n) is 16.8. The summed E-state index contributed by atoms with van der Waals surface area (Å²) < 4.78 is 0. The van der Waals surface area contributed by atoms with Crippen molar-refractivity contribution >= 4 is 0 Å². The first-order valence-electron chi connectivity index (χ1n) is 22.6. The molecule has 0 N–H and O–H groups in total. The van der Waals surface area contributed by atoms with Crippen molar-refractivity contribution in [3.63, 3.8) is 0 Å². The molecule has 0 atom stereocenters. The summed E-state index contributed by atoms with van der Waals surface area (Å²) in [4.78, 5) is 26.3. The molecule has 314 valence electrons. The molecule has 9 aromatic carbocycles. The highest BCUT2D eigenvalue weighted by atomic mass is 15.0. The molecule has 0 bridgehead atoms. The number of rotatable bonds is 9. The summed E-state index contributed by atoms with van der Waals surface area (Å²) in [6.07, 6.45) is 0. The minimum Gasteiger partial charge on any atom is -0.228 e. The Hall–Kier alpha value is -8.93. The van der Waals surface area contributed by atoms with E-state index in [1.807, 2.05) is 72.8 Å². The van der Waals surface area contributed by atoms with Crippen molar-refractivity contribution < 1.29 is 0 Å². The van der Waals surface area contributed by atoms with Crippen LogP contribution in [0.4, 0.5) is 0 Å². The average molecular weight is 856 g/mol. The number of hydrogen-bond acceptors (Lipinski definition) is 5. The van der Waals surface area contributed by atoms with Crippen LogP contribution in [0, 0.1) is 0 Å². The molecule has 5 heteroatoms. The fraction of sp³-hybridized carbons (Fsp3) is 0.0161. The predicted octanol–water partition coefficient (Wildman–Crippen LogP) is 14.7. The first kappa shape index (κ1) is 39.6. The van der Waals surface area contributed by atoms with Gasteiger partial charge in [-0.1, -0.05) is 224 Å². The van der Waals surface area contributed by atoms with Gasteiger partial charge in [-0.2, -0.15) is 0 Å². The smallest absolute Gasteiger partial charge is 0.164 e. The average Bonchev–Trinajstić information content (AvgIpc) is 3.72. The molecule has 2 heterocycles. The van der Waals surface area contributed by atoms with Crippen LogP contribution >= 0.6 is 0 Å². The molecule has 1 aliphatic rings. The van der Waals surface area contributed by atoms with Crippen molar-refractivity contribution in [1.82, 2.24) is 24.9 Å². The van der Waals surface area contributed by atoms with Gasteiger partial charge in [0.15, 0.2) is 23.3 Å². The van der Waals surface area contributed by atoms with Crippen molar-refractivity contribution in [2.75, 3.05) is 0 Å². The van der Waals surface area contributed by atoms with Crippen LogP contribution in [-0.4, -0.2) is 24.9 Å². The fourth-order valence-corrected chi connectivity index (χ4v) is 9.76. The highest BCUT2D eigenvalue weighted by Gasteiger charge is 2.46. The third kappa shape index (κ3) is 7.11. The molecule has 1 aliphatic carbocycles. The van der Waals surface area contributed by atoms with Gasteiger partial charge >= 0.3 is 0 Å². The van der Waals surface area contributed by atoms with Gasteiger partial charge in [0.2, 0.25) is 0 Å². The monoisotopic (exact) mass is 855 g/mol. The maximum Gasteiger partial charge on any atom is 0.164 e. The van der Waals surface area contributed by atoms with E-state index in [1.54, 1.807) is 0 Å². The summed E-state index contributed by atoms with van der Waals surface area (Å²) in [6, 6.07) is 87.1. The highest BCUT2D eigenvalue weighted by molar-refractivity contribution is 5.94. The molecule has 0 unspecified atom stereocenters. The third-order valence-electron chi connectivity index (χ3n) is 12.8. The summed E-state index contributed by atoms with van der Waals surface area (Å²) in [7, 11) is 0. The van der Waals surface area contributed by atoms with Crippen molar-refractivity contribution in [2.24, 2.45) is 0 Å². The largest absolute Gasteiger partial charge is 0.228 e. The highest BCUT2D eigenvalue weighted by Crippen LogP contribution is 2.58. The minimum atomic E-state index is -0.624. The van der Waals surface area contributed by atoms with Crippen LogP contribution in [0.15, 0.2) is 249 Å². The lowest BCUT2D eigenvalue weighted by atomic mass is 9.67. The van der Waals surface area contributed by atoms with Crippen molar-refractivity contribution in [3.05, 3.63) is 271 Å². The van der Waals surface area contributed by atoms with E-state index in [-0.39, 0.29) is 0 Å². The number of fused-ring (bicyclic) bond motifs is 3. The number of benzene rings is 9. The van der Waals surface area contributed by atoms with Crippen molar-refractivity contribution in [3.8, 4) is 90.3 Å². The lowest BCUT2D eigenvalue weighted by Gasteiger charge is -2.34. The van der Waals surface area contributed by atoms with Crippen LogP contribution in [0.1, 0.15) is 22.3 Å². The van der Waals surface area contributed by atoms with Crippen LogP contribution in [0.5, 0.6) is 0 Å². The quantitative estimate of drug-likeness (QED) is 0.145. The van der Waals surface area contributed by atoms with Crippen molar-refractivity contribution in [2.45, 2.75) is 5.41 Å². The standard InChI is InChI=1S/C62H41N5/c1-7-22-42(23-8-1)56-41-57(43-24-9-2-10-25-43)64-60(63-56)47-31-21-30-46(38-47)51-40-55-52(50-36-19-20-37-54(50)62(55,48-32-15-5-16-33-48)49-34-17-6-18-35-49)39-53(51)61-66-58(44-26-11-3-12-27-44)65-59(67-61)45-28-13-4-14-29-45/h1-41H. The van der Waals surface area contributed by atoms with E-state index < -0.39 is 5.41 Å². The Morgan fingerprint density at radius 3 is 1.18 bits per heavy atom. The molecule has 12 rings (SSSR count). The van der Waals surface area contributed by atoms with Gasteiger partial charge in [-0.15, -0.1) is 0 Å². The number of nitrogens with zero attached hydrogens (tertiary/aromatic N) is 5. The molecule has 0 amide bonds. The van der Waals surface area contributed by atoms with Gasteiger partial charge in [0.25, 0.3) is 0 Å². The molecule has 0 saturated carbocycles. The van der Waals surface area contributed by atoms with E-state index in [4.69, 9.17) is 24.9 Å². The van der Waals surface area contributed by atoms with E-state index in [2.05, 4.69) is 176 Å². The van der Waals surface area contributed by atoms with Crippen LogP contribution in [0.25, 0.3) is 90.3 Å². The first-order valence-corrected chi connectivity index (χ1v) is 22.6. The van der Waals surface area contributed by atoms with Gasteiger partial charge < -0.3 is 0 Å². The van der Waals surface area contributed by atoms with Crippen LogP contribution in [0.2, 0.25) is 0 Å². The summed E-state index contributed by atoms with van der Waals surface area (Å²) >= 11 is 0. The van der Waals surface area contributed by atoms with Gasteiger partial charge in [-0.3, -0.25) is 0 Å². The Balaban J connectivity index is 1.15. The van der Waals surface area contributed by atoms with Crippen LogP contribution < -0.4 is 0 Å². The Bertz CT molecular complexity index is 3390. The molecule has 0 spiro atoms. The van der Waals surface area contributed by atoms with E-state index in [1.165, 1.54) is 27.8 Å². The maximum atomic E-state index is 5.34. The molecular formula is C62H41N5. The SMILES string of the molecule is c1ccc(-c2cc(-c3ccccc3)nc(-c3cccc(-c4cc5c(cc4-c4nc(-c6ccccc6)nc(-c6ccccc6)n4)-c4ccccc4C5(c4ccccc4)c4ccccc4)c3)n2)cc1. The number of hydrogen-bond donors (Lipinski definition) is 0. The molecule has 0 fully saturated rings. The summed E-state index contributed by atoms with van der Waals surface area (Å²) in [5.74, 6) is 2.43. The van der Waals surface area contributed by atoms with E-state index in [9.17, 15) is 0 Å². The van der Waals surface area contributed by atoms with Gasteiger partial charge in [0, 0.05) is 33.4 Å². The molecule has 67 heavy (non-hydrogen) atoms. The molecular weight excluding hydrogens is 815 g/mol. The summed E-state index contributed by atoms with van der Waals surface area (Å²) in [5, 5.41) is 0.